The average molecular weight is 468 g/mol. The summed E-state index contributed by atoms with van der Waals surface area (Å²) in [7, 11) is 1.99. The number of halogens is 1. The maximum atomic E-state index is 13.9. The van der Waals surface area contributed by atoms with Crippen molar-refractivity contribution in [1.82, 2.24) is 10.6 Å². The highest BCUT2D eigenvalue weighted by Crippen LogP contribution is 2.35. The highest BCUT2D eigenvalue weighted by molar-refractivity contribution is 6.15. The van der Waals surface area contributed by atoms with Gasteiger partial charge in [-0.3, -0.25) is 4.99 Å². The van der Waals surface area contributed by atoms with Gasteiger partial charge in [-0.05, 0) is 80.8 Å². The third-order valence-corrected chi connectivity index (χ3v) is 6.88. The number of nitrogens with one attached hydrogen (secondary N) is 2. The van der Waals surface area contributed by atoms with Crippen LogP contribution in [-0.4, -0.2) is 31.6 Å². The van der Waals surface area contributed by atoms with Crippen molar-refractivity contribution in [2.75, 3.05) is 13.7 Å². The lowest BCUT2D eigenvalue weighted by Crippen LogP contribution is -2.34. The molecule has 5 heteroatoms. The molecular weight excluding hydrogens is 425 g/mol. The van der Waals surface area contributed by atoms with Gasteiger partial charge in [0.25, 0.3) is 0 Å². The molecule has 186 valence electrons. The minimum Gasteiger partial charge on any atom is -0.490 e. The molecule has 3 unspecified atom stereocenters. The molecule has 1 fully saturated rings. The van der Waals surface area contributed by atoms with E-state index in [9.17, 15) is 4.39 Å². The van der Waals surface area contributed by atoms with Gasteiger partial charge in [-0.1, -0.05) is 45.4 Å². The topological polar surface area (TPSA) is 45.7 Å². The summed E-state index contributed by atoms with van der Waals surface area (Å²) >= 11 is 0. The number of allylic oxidation sites excluding steroid dienone is 2. The molecule has 1 aromatic rings. The lowest BCUT2D eigenvalue weighted by molar-refractivity contribution is 0.155. The number of hydrogen-bond donors (Lipinski definition) is 2. The lowest BCUT2D eigenvalue weighted by Gasteiger charge is -2.30. The van der Waals surface area contributed by atoms with Crippen molar-refractivity contribution < 1.29 is 9.13 Å². The number of nitrogens with zero attached hydrogens (tertiary/aromatic N) is 1. The molecule has 1 aromatic carbocycles. The number of ether oxygens (including phenoxy) is 1. The highest BCUT2D eigenvalue weighted by atomic mass is 19.1. The van der Waals surface area contributed by atoms with E-state index >= 15 is 0 Å². The van der Waals surface area contributed by atoms with Crippen molar-refractivity contribution in [2.45, 2.75) is 79.1 Å². The number of aryl methyl sites for hydroxylation is 1. The van der Waals surface area contributed by atoms with Gasteiger partial charge in [0.1, 0.15) is 18.5 Å². The van der Waals surface area contributed by atoms with Crippen LogP contribution in [0.3, 0.4) is 0 Å². The van der Waals surface area contributed by atoms with Crippen molar-refractivity contribution in [3.63, 3.8) is 0 Å². The minimum atomic E-state index is -0.961. The van der Waals surface area contributed by atoms with E-state index in [1.807, 2.05) is 40.1 Å². The fourth-order valence-electron chi connectivity index (χ4n) is 4.41. The van der Waals surface area contributed by atoms with Crippen LogP contribution in [0.25, 0.3) is 0 Å². The zero-order chi connectivity index (χ0) is 24.8. The normalized spacial score (nSPS) is 20.9. The predicted octanol–water partition coefficient (Wildman–Crippen LogP) is 6.60. The Hall–Kier alpha value is -2.40. The Bertz CT molecular complexity index is 968. The van der Waals surface area contributed by atoms with Crippen LogP contribution in [0.15, 0.2) is 58.4 Å². The summed E-state index contributed by atoms with van der Waals surface area (Å²) in [5, 5.41) is 7.02. The summed E-state index contributed by atoms with van der Waals surface area (Å²) in [6, 6.07) is 6.35. The van der Waals surface area contributed by atoms with Crippen LogP contribution in [0.2, 0.25) is 0 Å². The third kappa shape index (κ3) is 6.18. The maximum absolute atomic E-state index is 13.9. The number of alkyl halides is 1. The number of rotatable bonds is 10. The van der Waals surface area contributed by atoms with Crippen molar-refractivity contribution in [2.24, 2.45) is 16.8 Å². The van der Waals surface area contributed by atoms with E-state index < -0.39 is 6.17 Å². The first-order valence-electron chi connectivity index (χ1n) is 12.7. The van der Waals surface area contributed by atoms with E-state index in [1.165, 1.54) is 30.4 Å². The molecule has 0 bridgehead atoms. The van der Waals surface area contributed by atoms with E-state index in [0.717, 1.165) is 22.6 Å². The number of benzene rings is 1. The number of aliphatic imine (C=N–C) groups is 1. The van der Waals surface area contributed by atoms with Gasteiger partial charge in [-0.2, -0.15) is 0 Å². The molecule has 2 N–H and O–H groups in total. The number of hydrogen-bond acceptors (Lipinski definition) is 4. The second-order valence-corrected chi connectivity index (χ2v) is 10.2. The van der Waals surface area contributed by atoms with E-state index in [2.05, 4.69) is 55.8 Å². The molecule has 3 rings (SSSR count). The third-order valence-electron chi connectivity index (χ3n) is 6.88. The average Bonchev–Trinajstić information content (AvgIpc) is 2.78. The molecule has 3 atom stereocenters. The minimum absolute atomic E-state index is 0.0440. The molecular formula is C29H42FN3O. The van der Waals surface area contributed by atoms with Gasteiger partial charge in [-0.25, -0.2) is 4.39 Å². The summed E-state index contributed by atoms with van der Waals surface area (Å²) in [4.78, 5) is 4.84. The van der Waals surface area contributed by atoms with Crippen LogP contribution in [-0.2, 0) is 0 Å². The summed E-state index contributed by atoms with van der Waals surface area (Å²) in [5.74, 6) is 1.14. The fourth-order valence-corrected chi connectivity index (χ4v) is 4.41. The maximum Gasteiger partial charge on any atom is 0.136 e. The number of likely N-dealkylation sites (N-methyl/N-ethyl adjacent to an activating group) is 1. The first-order chi connectivity index (χ1) is 16.2. The summed E-state index contributed by atoms with van der Waals surface area (Å²) < 4.78 is 19.7. The molecule has 0 spiro atoms. The SMILES string of the molecule is CNC1C=CN=C(C(=C2CCC2)C(C)C)/C1=C/NC(C)c1ccc(OCC(F)C(C)C)c(C)c1. The summed E-state index contributed by atoms with van der Waals surface area (Å²) in [6.45, 7) is 12.5. The van der Waals surface area contributed by atoms with E-state index in [4.69, 9.17) is 9.73 Å². The van der Waals surface area contributed by atoms with Gasteiger partial charge in [0.2, 0.25) is 0 Å². The highest BCUT2D eigenvalue weighted by Gasteiger charge is 2.27. The molecule has 1 heterocycles. The van der Waals surface area contributed by atoms with Crippen molar-refractivity contribution in [3.05, 3.63) is 64.5 Å². The van der Waals surface area contributed by atoms with Crippen LogP contribution >= 0.6 is 0 Å². The summed E-state index contributed by atoms with van der Waals surface area (Å²) in [5.41, 5.74) is 7.42. The van der Waals surface area contributed by atoms with Crippen molar-refractivity contribution in [1.29, 1.82) is 0 Å². The Morgan fingerprint density at radius 3 is 2.50 bits per heavy atom. The molecule has 0 saturated heterocycles. The molecule has 0 aromatic heterocycles. The Morgan fingerprint density at radius 1 is 1.21 bits per heavy atom. The quantitative estimate of drug-likeness (QED) is 0.408. The van der Waals surface area contributed by atoms with E-state index in [0.29, 0.717) is 5.92 Å². The van der Waals surface area contributed by atoms with Crippen molar-refractivity contribution in [3.8, 4) is 5.75 Å². The molecule has 4 nitrogen and oxygen atoms in total. The molecule has 0 radical (unpaired) electrons. The monoisotopic (exact) mass is 467 g/mol. The zero-order valence-corrected chi connectivity index (χ0v) is 21.9. The molecule has 1 aliphatic carbocycles. The van der Waals surface area contributed by atoms with Crippen LogP contribution in [0.1, 0.15) is 71.0 Å². The Kier molecular flexibility index (Phi) is 9.12. The first-order valence-corrected chi connectivity index (χ1v) is 12.7. The van der Waals surface area contributed by atoms with Crippen LogP contribution in [0.4, 0.5) is 4.39 Å². The van der Waals surface area contributed by atoms with Gasteiger partial charge in [0, 0.05) is 24.0 Å². The molecule has 34 heavy (non-hydrogen) atoms. The Balaban J connectivity index is 1.77. The Labute approximate surface area is 205 Å². The smallest absolute Gasteiger partial charge is 0.136 e. The van der Waals surface area contributed by atoms with Gasteiger partial charge in [0.05, 0.1) is 11.8 Å². The lowest BCUT2D eigenvalue weighted by atomic mass is 9.79. The molecule has 1 saturated carbocycles. The van der Waals surface area contributed by atoms with Crippen LogP contribution in [0, 0.1) is 18.8 Å². The molecule has 1 aliphatic heterocycles. The second kappa shape index (κ2) is 11.8. The second-order valence-electron chi connectivity index (χ2n) is 10.2. The fraction of sp³-hybridized carbons (Fsp3) is 0.552. The van der Waals surface area contributed by atoms with Crippen LogP contribution < -0.4 is 15.4 Å². The predicted molar refractivity (Wildman–Crippen MR) is 141 cm³/mol. The van der Waals surface area contributed by atoms with Crippen molar-refractivity contribution >= 4 is 5.71 Å². The van der Waals surface area contributed by atoms with E-state index in [1.54, 1.807) is 5.57 Å². The standard InChI is InChI=1S/C29H42FN3O/c1-18(2)25(30)17-34-27-12-11-23(15-20(27)5)21(6)33-16-24-26(31-7)13-14-32-29(24)28(19(3)4)22-9-8-10-22/h11-16,18-19,21,25-26,31,33H,8-10,17H2,1-7H3/b24-16+. The van der Waals surface area contributed by atoms with Gasteiger partial charge in [0.15, 0.2) is 0 Å². The molecule has 0 amide bonds. The van der Waals surface area contributed by atoms with Gasteiger partial charge < -0.3 is 15.4 Å². The first kappa shape index (κ1) is 26.2. The largest absolute Gasteiger partial charge is 0.490 e. The van der Waals surface area contributed by atoms with Gasteiger partial charge in [-0.15, -0.1) is 0 Å². The van der Waals surface area contributed by atoms with E-state index in [-0.39, 0.29) is 24.6 Å². The molecule has 2 aliphatic rings. The summed E-state index contributed by atoms with van der Waals surface area (Å²) in [6.07, 6.45) is 8.86. The zero-order valence-electron chi connectivity index (χ0n) is 21.9. The van der Waals surface area contributed by atoms with Crippen LogP contribution in [0.5, 0.6) is 5.75 Å². The van der Waals surface area contributed by atoms with Gasteiger partial charge >= 0.3 is 0 Å². The Morgan fingerprint density at radius 2 is 1.94 bits per heavy atom.